The number of aliphatic hydroxyl groups is 1. The number of hydrogen-bond acceptors (Lipinski definition) is 5. The van der Waals surface area contributed by atoms with Crippen molar-refractivity contribution in [1.29, 1.82) is 0 Å². The van der Waals surface area contributed by atoms with Crippen molar-refractivity contribution in [2.75, 3.05) is 6.61 Å². The van der Waals surface area contributed by atoms with Gasteiger partial charge in [-0.2, -0.15) is 0 Å². The second-order valence-electron chi connectivity index (χ2n) is 9.33. The number of aryl methyl sites for hydroxylation is 1. The number of aromatic nitrogens is 3. The molecule has 0 aliphatic carbocycles. The molecule has 3 rings (SSSR count). The lowest BCUT2D eigenvalue weighted by Gasteiger charge is -2.24. The predicted molar refractivity (Wildman–Crippen MR) is 111 cm³/mol. The Kier molecular flexibility index (Phi) is 6.20. The number of fused-ring (bicyclic) bond motifs is 3. The van der Waals surface area contributed by atoms with Gasteiger partial charge in [-0.15, -0.1) is 0 Å². The first-order chi connectivity index (χ1) is 13.2. The molecule has 1 aliphatic rings. The number of aliphatic hydroxyl groups excluding tert-OH is 1. The van der Waals surface area contributed by atoms with Gasteiger partial charge >= 0.3 is 0 Å². The highest BCUT2D eigenvalue weighted by molar-refractivity contribution is 5.95. The summed E-state index contributed by atoms with van der Waals surface area (Å²) in [6, 6.07) is 1.89. The van der Waals surface area contributed by atoms with Crippen molar-refractivity contribution in [3.63, 3.8) is 0 Å². The highest BCUT2D eigenvalue weighted by atomic mass is 16.3. The molecule has 28 heavy (non-hydrogen) atoms. The molecular weight excluding hydrogens is 352 g/mol. The molecule has 0 saturated carbocycles. The fourth-order valence-electron chi connectivity index (χ4n) is 4.37. The van der Waals surface area contributed by atoms with Crippen LogP contribution < -0.4 is 5.73 Å². The molecular formula is C22H34N4O2. The van der Waals surface area contributed by atoms with E-state index in [1.54, 1.807) is 6.20 Å². The van der Waals surface area contributed by atoms with Crippen LogP contribution in [-0.4, -0.2) is 38.1 Å². The van der Waals surface area contributed by atoms with Crippen LogP contribution in [0.15, 0.2) is 12.3 Å². The second kappa shape index (κ2) is 8.29. The molecule has 0 amide bonds. The fourth-order valence-corrected chi connectivity index (χ4v) is 4.37. The number of carbonyl (C=O) groups is 1. The van der Waals surface area contributed by atoms with Crippen LogP contribution in [-0.2, 0) is 12.0 Å². The zero-order valence-corrected chi connectivity index (χ0v) is 17.6. The third-order valence-electron chi connectivity index (χ3n) is 6.11. The van der Waals surface area contributed by atoms with Gasteiger partial charge in [-0.1, -0.05) is 27.7 Å². The lowest BCUT2D eigenvalue weighted by atomic mass is 9.86. The SMILES string of the molecule is CC(C)CC(CCCC(=O)c1cnc2cc3n(c2n1)CCC3(C)C)[C@@H](N)CO. The van der Waals surface area contributed by atoms with E-state index in [9.17, 15) is 9.90 Å². The van der Waals surface area contributed by atoms with Crippen LogP contribution in [0.2, 0.25) is 0 Å². The number of Topliss-reactive ketones (excluding diaryl/α,β-unsaturated/α-hetero) is 1. The minimum absolute atomic E-state index is 0.0108. The molecule has 0 aromatic carbocycles. The highest BCUT2D eigenvalue weighted by Gasteiger charge is 2.32. The first kappa shape index (κ1) is 20.9. The average Bonchev–Trinajstić information content (AvgIpc) is 3.16. The van der Waals surface area contributed by atoms with Crippen molar-refractivity contribution in [3.8, 4) is 0 Å². The number of hydrogen-bond donors (Lipinski definition) is 2. The van der Waals surface area contributed by atoms with Crippen LogP contribution >= 0.6 is 0 Å². The zero-order chi connectivity index (χ0) is 20.5. The van der Waals surface area contributed by atoms with E-state index < -0.39 is 0 Å². The van der Waals surface area contributed by atoms with E-state index in [-0.39, 0.29) is 29.8 Å². The third kappa shape index (κ3) is 4.28. The lowest BCUT2D eigenvalue weighted by Crippen LogP contribution is -2.34. The Morgan fingerprint density at radius 1 is 1.39 bits per heavy atom. The van der Waals surface area contributed by atoms with Gasteiger partial charge in [-0.25, -0.2) is 4.98 Å². The summed E-state index contributed by atoms with van der Waals surface area (Å²) in [5.74, 6) is 0.790. The Balaban J connectivity index is 1.67. The summed E-state index contributed by atoms with van der Waals surface area (Å²) in [4.78, 5) is 21.8. The predicted octanol–water partition coefficient (Wildman–Crippen LogP) is 3.45. The number of carbonyl (C=O) groups excluding carboxylic acids is 1. The van der Waals surface area contributed by atoms with E-state index >= 15 is 0 Å². The van der Waals surface area contributed by atoms with Crippen LogP contribution in [0.25, 0.3) is 11.2 Å². The van der Waals surface area contributed by atoms with Gasteiger partial charge in [0.1, 0.15) is 11.2 Å². The van der Waals surface area contributed by atoms with Gasteiger partial charge in [0.25, 0.3) is 0 Å². The van der Waals surface area contributed by atoms with Crippen LogP contribution in [0.3, 0.4) is 0 Å². The van der Waals surface area contributed by atoms with Gasteiger partial charge in [0.2, 0.25) is 0 Å². The number of rotatable bonds is 9. The zero-order valence-electron chi connectivity index (χ0n) is 17.6. The summed E-state index contributed by atoms with van der Waals surface area (Å²) >= 11 is 0. The number of nitrogens with two attached hydrogens (primary N) is 1. The van der Waals surface area contributed by atoms with Crippen LogP contribution in [0.4, 0.5) is 0 Å². The second-order valence-corrected chi connectivity index (χ2v) is 9.33. The molecule has 1 aliphatic heterocycles. The summed E-state index contributed by atoms with van der Waals surface area (Å²) in [5, 5.41) is 9.39. The third-order valence-corrected chi connectivity index (χ3v) is 6.11. The molecule has 0 saturated heterocycles. The van der Waals surface area contributed by atoms with E-state index in [0.717, 1.165) is 43.4 Å². The van der Waals surface area contributed by atoms with Crippen LogP contribution in [0, 0.1) is 11.8 Å². The van der Waals surface area contributed by atoms with E-state index in [1.807, 2.05) is 0 Å². The number of nitrogens with zero attached hydrogens (tertiary/aromatic N) is 3. The summed E-state index contributed by atoms with van der Waals surface area (Å²) in [7, 11) is 0. The largest absolute Gasteiger partial charge is 0.395 e. The molecule has 6 nitrogen and oxygen atoms in total. The van der Waals surface area contributed by atoms with Crippen molar-refractivity contribution in [2.45, 2.75) is 77.8 Å². The van der Waals surface area contributed by atoms with E-state index in [4.69, 9.17) is 5.73 Å². The van der Waals surface area contributed by atoms with Crippen molar-refractivity contribution in [3.05, 3.63) is 23.7 Å². The van der Waals surface area contributed by atoms with Gasteiger partial charge in [-0.05, 0) is 43.6 Å². The van der Waals surface area contributed by atoms with Crippen molar-refractivity contribution < 1.29 is 9.90 Å². The van der Waals surface area contributed by atoms with Gasteiger partial charge in [-0.3, -0.25) is 9.78 Å². The average molecular weight is 387 g/mol. The summed E-state index contributed by atoms with van der Waals surface area (Å²) in [6.45, 7) is 9.70. The standard InChI is InChI=1S/C22H34N4O2/c1-14(2)10-15(16(23)13-27)6-5-7-19(28)18-12-24-17-11-20-22(3,4)8-9-26(20)21(17)25-18/h11-12,14-16,27H,5-10,13,23H2,1-4H3/t15?,16-/m0/s1. The minimum atomic E-state index is -0.222. The van der Waals surface area contributed by atoms with Gasteiger partial charge in [0.05, 0.1) is 12.8 Å². The topological polar surface area (TPSA) is 94.0 Å². The van der Waals surface area contributed by atoms with Gasteiger partial charge in [0.15, 0.2) is 11.4 Å². The monoisotopic (exact) mass is 386 g/mol. The van der Waals surface area contributed by atoms with Crippen LogP contribution in [0.1, 0.15) is 76.0 Å². The number of ketones is 1. The Hall–Kier alpha value is -1.79. The summed E-state index contributed by atoms with van der Waals surface area (Å²) in [6.07, 6.45) is 5.69. The smallest absolute Gasteiger partial charge is 0.182 e. The fraction of sp³-hybridized carbons (Fsp3) is 0.682. The minimum Gasteiger partial charge on any atom is -0.395 e. The van der Waals surface area contributed by atoms with E-state index in [1.165, 1.54) is 5.69 Å². The first-order valence-corrected chi connectivity index (χ1v) is 10.5. The Bertz CT molecular complexity index is 840. The molecule has 2 aromatic heterocycles. The molecule has 3 heterocycles. The quantitative estimate of drug-likeness (QED) is 0.644. The molecule has 0 fully saturated rings. The highest BCUT2D eigenvalue weighted by Crippen LogP contribution is 2.37. The summed E-state index contributed by atoms with van der Waals surface area (Å²) < 4.78 is 2.21. The Labute approximate surface area is 167 Å². The molecule has 0 radical (unpaired) electrons. The van der Waals surface area contributed by atoms with Crippen molar-refractivity contribution in [2.24, 2.45) is 17.6 Å². The van der Waals surface area contributed by atoms with E-state index in [2.05, 4.69) is 48.3 Å². The molecule has 6 heteroatoms. The van der Waals surface area contributed by atoms with Gasteiger partial charge in [0, 0.05) is 30.1 Å². The molecule has 0 bridgehead atoms. The molecule has 1 unspecified atom stereocenters. The molecule has 0 spiro atoms. The molecule has 2 aromatic rings. The maximum atomic E-state index is 12.7. The first-order valence-electron chi connectivity index (χ1n) is 10.5. The van der Waals surface area contributed by atoms with Crippen molar-refractivity contribution in [1.82, 2.24) is 14.5 Å². The normalized spacial score (nSPS) is 17.8. The Morgan fingerprint density at radius 3 is 2.82 bits per heavy atom. The van der Waals surface area contributed by atoms with Crippen molar-refractivity contribution >= 4 is 16.9 Å². The van der Waals surface area contributed by atoms with Crippen LogP contribution in [0.5, 0.6) is 0 Å². The Morgan fingerprint density at radius 2 is 2.14 bits per heavy atom. The summed E-state index contributed by atoms with van der Waals surface area (Å²) in [5.41, 5.74) is 9.58. The maximum Gasteiger partial charge on any atom is 0.182 e. The van der Waals surface area contributed by atoms with E-state index in [0.29, 0.717) is 18.0 Å². The van der Waals surface area contributed by atoms with Gasteiger partial charge < -0.3 is 15.4 Å². The molecule has 3 N–H and O–H groups in total. The maximum absolute atomic E-state index is 12.7. The molecule has 2 atom stereocenters. The molecule has 154 valence electrons. The lowest BCUT2D eigenvalue weighted by molar-refractivity contribution is 0.0970.